The van der Waals surface area contributed by atoms with Crippen LogP contribution in [0.15, 0.2) is 41.7 Å². The third-order valence-corrected chi connectivity index (χ3v) is 5.19. The van der Waals surface area contributed by atoms with Gasteiger partial charge >= 0.3 is 0 Å². The van der Waals surface area contributed by atoms with Crippen LogP contribution in [0.4, 0.5) is 0 Å². The number of thioether (sulfide) groups is 1. The van der Waals surface area contributed by atoms with E-state index in [0.29, 0.717) is 5.16 Å². The standard InChI is InChI=1S/C16H20N2O5S/c1-18-7-10(9-5-3-2-4-6-9)17-16(18)24-15-14(22)13(21)12(20)11(8-19)23-15/h2-7,11-15,19-22H,8H2,1H3/t11-,12-,13+,14-,15+/m1/s1. The quantitative estimate of drug-likeness (QED) is 0.612. The first-order valence-corrected chi connectivity index (χ1v) is 8.45. The van der Waals surface area contributed by atoms with Gasteiger partial charge in [0.1, 0.15) is 29.9 Å². The van der Waals surface area contributed by atoms with E-state index in [2.05, 4.69) is 4.98 Å². The Kier molecular flexibility index (Phi) is 5.24. The first-order chi connectivity index (χ1) is 11.5. The Morgan fingerprint density at radius 1 is 1.12 bits per heavy atom. The highest BCUT2D eigenvalue weighted by atomic mass is 32.2. The first-order valence-electron chi connectivity index (χ1n) is 7.57. The maximum atomic E-state index is 10.1. The third-order valence-electron chi connectivity index (χ3n) is 3.97. The van der Waals surface area contributed by atoms with E-state index in [1.807, 2.05) is 43.6 Å². The second-order valence-corrected chi connectivity index (χ2v) is 6.77. The Morgan fingerprint density at radius 2 is 1.83 bits per heavy atom. The van der Waals surface area contributed by atoms with Crippen LogP contribution >= 0.6 is 11.8 Å². The molecule has 1 aliphatic rings. The van der Waals surface area contributed by atoms with Gasteiger partial charge in [-0.1, -0.05) is 42.1 Å². The zero-order valence-electron chi connectivity index (χ0n) is 13.1. The molecular weight excluding hydrogens is 332 g/mol. The van der Waals surface area contributed by atoms with Crippen LogP contribution in [0.1, 0.15) is 0 Å². The number of benzene rings is 1. The summed E-state index contributed by atoms with van der Waals surface area (Å²) in [6.45, 7) is -0.447. The second kappa shape index (κ2) is 7.22. The smallest absolute Gasteiger partial charge is 0.170 e. The number of hydrogen-bond donors (Lipinski definition) is 4. The van der Waals surface area contributed by atoms with Crippen LogP contribution in [0.2, 0.25) is 0 Å². The lowest BCUT2D eigenvalue weighted by molar-refractivity contribution is -0.205. The van der Waals surface area contributed by atoms with Gasteiger partial charge in [0, 0.05) is 18.8 Å². The van der Waals surface area contributed by atoms with E-state index in [1.54, 1.807) is 4.57 Å². The van der Waals surface area contributed by atoms with Crippen molar-refractivity contribution >= 4 is 11.8 Å². The Hall–Kier alpha value is -1.42. The minimum Gasteiger partial charge on any atom is -0.394 e. The largest absolute Gasteiger partial charge is 0.394 e. The first kappa shape index (κ1) is 17.4. The summed E-state index contributed by atoms with van der Waals surface area (Å²) in [7, 11) is 1.83. The SMILES string of the molecule is Cn1cc(-c2ccccc2)nc1S[C@@H]1O[C@H](CO)[C@@H](O)[C@H](O)[C@H]1O. The number of aryl methyl sites for hydroxylation is 1. The Balaban J connectivity index is 1.79. The zero-order valence-corrected chi connectivity index (χ0v) is 13.9. The molecule has 5 atom stereocenters. The van der Waals surface area contributed by atoms with Crippen molar-refractivity contribution in [1.82, 2.24) is 9.55 Å². The van der Waals surface area contributed by atoms with Gasteiger partial charge in [-0.3, -0.25) is 0 Å². The van der Waals surface area contributed by atoms with Crippen molar-refractivity contribution in [1.29, 1.82) is 0 Å². The molecule has 4 N–H and O–H groups in total. The van der Waals surface area contributed by atoms with Gasteiger partial charge in [-0.15, -0.1) is 0 Å². The fourth-order valence-corrected chi connectivity index (χ4v) is 3.65. The minimum absolute atomic E-state index is 0.447. The molecule has 130 valence electrons. The van der Waals surface area contributed by atoms with Crippen LogP contribution in [-0.2, 0) is 11.8 Å². The van der Waals surface area contributed by atoms with Crippen molar-refractivity contribution in [2.45, 2.75) is 35.0 Å². The predicted molar refractivity (Wildman–Crippen MR) is 88.3 cm³/mol. The highest BCUT2D eigenvalue weighted by Gasteiger charge is 2.44. The lowest BCUT2D eigenvalue weighted by Crippen LogP contribution is -2.57. The maximum absolute atomic E-state index is 10.1. The highest BCUT2D eigenvalue weighted by molar-refractivity contribution is 7.99. The predicted octanol–water partition coefficient (Wildman–Crippen LogP) is -0.0209. The number of aromatic nitrogens is 2. The number of aliphatic hydroxyl groups is 4. The fraction of sp³-hybridized carbons (Fsp3) is 0.438. The lowest BCUT2D eigenvalue weighted by atomic mass is 10.0. The Morgan fingerprint density at radius 3 is 2.50 bits per heavy atom. The molecule has 1 aromatic carbocycles. The molecule has 0 bridgehead atoms. The van der Waals surface area contributed by atoms with E-state index in [0.717, 1.165) is 23.0 Å². The molecule has 1 fully saturated rings. The minimum atomic E-state index is -1.39. The van der Waals surface area contributed by atoms with Crippen LogP contribution in [0, 0.1) is 0 Å². The average molecular weight is 352 g/mol. The molecular formula is C16H20N2O5S. The zero-order chi connectivity index (χ0) is 17.3. The monoisotopic (exact) mass is 352 g/mol. The molecule has 1 saturated heterocycles. The Labute approximate surface area is 143 Å². The molecule has 0 radical (unpaired) electrons. The molecule has 3 rings (SSSR count). The lowest BCUT2D eigenvalue weighted by Gasteiger charge is -2.39. The molecule has 0 amide bonds. The molecule has 7 nitrogen and oxygen atoms in total. The molecule has 0 unspecified atom stereocenters. The fourth-order valence-electron chi connectivity index (χ4n) is 2.58. The van der Waals surface area contributed by atoms with Gasteiger partial charge < -0.3 is 29.7 Å². The normalized spacial score (nSPS) is 30.5. The van der Waals surface area contributed by atoms with Crippen molar-refractivity contribution in [3.8, 4) is 11.3 Å². The molecule has 0 spiro atoms. The number of rotatable bonds is 4. The van der Waals surface area contributed by atoms with E-state index in [1.165, 1.54) is 0 Å². The van der Waals surface area contributed by atoms with Crippen LogP contribution in [-0.4, -0.2) is 66.4 Å². The van der Waals surface area contributed by atoms with Crippen LogP contribution in [0.25, 0.3) is 11.3 Å². The average Bonchev–Trinajstić information content (AvgIpc) is 2.97. The number of ether oxygens (including phenoxy) is 1. The van der Waals surface area contributed by atoms with Crippen molar-refractivity contribution in [2.24, 2.45) is 7.05 Å². The van der Waals surface area contributed by atoms with Gasteiger partial charge in [0.2, 0.25) is 0 Å². The summed E-state index contributed by atoms with van der Waals surface area (Å²) in [5, 5.41) is 39.7. The van der Waals surface area contributed by atoms with Crippen molar-refractivity contribution < 1.29 is 25.2 Å². The summed E-state index contributed by atoms with van der Waals surface area (Å²) in [5.41, 5.74) is 0.907. The number of aliphatic hydroxyl groups excluding tert-OH is 4. The summed E-state index contributed by atoms with van der Waals surface area (Å²) in [4.78, 5) is 4.53. The Bertz CT molecular complexity index is 678. The van der Waals surface area contributed by atoms with Gasteiger partial charge in [0.15, 0.2) is 5.16 Å². The molecule has 0 aliphatic carbocycles. The van der Waals surface area contributed by atoms with Crippen molar-refractivity contribution in [3.05, 3.63) is 36.5 Å². The van der Waals surface area contributed by atoms with Gasteiger partial charge in [-0.2, -0.15) is 0 Å². The highest BCUT2D eigenvalue weighted by Crippen LogP contribution is 2.33. The van der Waals surface area contributed by atoms with E-state index in [-0.39, 0.29) is 0 Å². The number of hydrogen-bond acceptors (Lipinski definition) is 7. The molecule has 8 heteroatoms. The molecule has 1 aromatic heterocycles. The summed E-state index contributed by atoms with van der Waals surface area (Å²) < 4.78 is 7.30. The van der Waals surface area contributed by atoms with E-state index >= 15 is 0 Å². The van der Waals surface area contributed by atoms with Crippen LogP contribution in [0.3, 0.4) is 0 Å². The molecule has 24 heavy (non-hydrogen) atoms. The summed E-state index contributed by atoms with van der Waals surface area (Å²) in [5.74, 6) is 0. The summed E-state index contributed by atoms with van der Waals surface area (Å²) in [6.07, 6.45) is -3.09. The maximum Gasteiger partial charge on any atom is 0.170 e. The topological polar surface area (TPSA) is 108 Å². The summed E-state index contributed by atoms with van der Waals surface area (Å²) in [6, 6.07) is 9.67. The molecule has 0 saturated carbocycles. The molecule has 2 heterocycles. The van der Waals surface area contributed by atoms with Gasteiger partial charge in [-0.25, -0.2) is 4.98 Å². The number of nitrogens with zero attached hydrogens (tertiary/aromatic N) is 2. The van der Waals surface area contributed by atoms with Crippen LogP contribution in [0.5, 0.6) is 0 Å². The summed E-state index contributed by atoms with van der Waals surface area (Å²) >= 11 is 1.14. The number of imidazole rings is 1. The van der Waals surface area contributed by atoms with E-state index in [4.69, 9.17) is 4.74 Å². The van der Waals surface area contributed by atoms with E-state index < -0.39 is 36.5 Å². The van der Waals surface area contributed by atoms with Gasteiger partial charge in [-0.05, 0) is 0 Å². The second-order valence-electron chi connectivity index (χ2n) is 5.70. The van der Waals surface area contributed by atoms with Crippen molar-refractivity contribution in [3.63, 3.8) is 0 Å². The molecule has 1 aliphatic heterocycles. The van der Waals surface area contributed by atoms with Crippen molar-refractivity contribution in [2.75, 3.05) is 6.61 Å². The van der Waals surface area contributed by atoms with Gasteiger partial charge in [0.25, 0.3) is 0 Å². The third kappa shape index (κ3) is 3.34. The van der Waals surface area contributed by atoms with Crippen LogP contribution < -0.4 is 0 Å². The van der Waals surface area contributed by atoms with Gasteiger partial charge in [0.05, 0.1) is 12.3 Å². The van der Waals surface area contributed by atoms with E-state index in [9.17, 15) is 20.4 Å². The molecule has 2 aromatic rings.